The Morgan fingerprint density at radius 1 is 1.24 bits per heavy atom. The van der Waals surface area contributed by atoms with E-state index in [9.17, 15) is 9.59 Å². The zero-order valence-corrected chi connectivity index (χ0v) is 17.2. The van der Waals surface area contributed by atoms with Gasteiger partial charge in [-0.15, -0.1) is 0 Å². The second kappa shape index (κ2) is 7.83. The molecule has 2 aromatic heterocycles. The van der Waals surface area contributed by atoms with Crippen molar-refractivity contribution in [3.05, 3.63) is 63.6 Å². The van der Waals surface area contributed by atoms with Crippen molar-refractivity contribution in [2.75, 3.05) is 19.6 Å². The Labute approximate surface area is 169 Å². The second-order valence-electron chi connectivity index (χ2n) is 7.78. The molecule has 0 aliphatic carbocycles. The maximum absolute atomic E-state index is 13.4. The van der Waals surface area contributed by atoms with Crippen LogP contribution in [0.2, 0.25) is 0 Å². The lowest BCUT2D eigenvalue weighted by atomic mass is 10.0. The highest BCUT2D eigenvalue weighted by Crippen LogP contribution is 2.21. The standard InChI is InChI=1S/C22H27N5O2/c1-4-17-14-27(11-10-26(17)13-16-8-6-5-7-9-16)22(29)18-12-15(2)23-20-19(18)21(28)24-25(20)3/h5-9,12,17H,4,10-11,13-14H2,1-3H3,(H,24,28)/t17-/m0/s1. The fourth-order valence-electron chi connectivity index (χ4n) is 4.21. The zero-order chi connectivity index (χ0) is 20.5. The molecule has 7 heteroatoms. The van der Waals surface area contributed by atoms with E-state index in [-0.39, 0.29) is 11.5 Å². The number of carbonyl (C=O) groups is 1. The van der Waals surface area contributed by atoms with Gasteiger partial charge in [0.15, 0.2) is 5.65 Å². The lowest BCUT2D eigenvalue weighted by molar-refractivity contribution is 0.0452. The summed E-state index contributed by atoms with van der Waals surface area (Å²) in [5.41, 5.74) is 2.71. The molecule has 1 aromatic carbocycles. The summed E-state index contributed by atoms with van der Waals surface area (Å²) in [4.78, 5) is 34.5. The van der Waals surface area contributed by atoms with Crippen LogP contribution in [-0.2, 0) is 13.6 Å². The van der Waals surface area contributed by atoms with Gasteiger partial charge in [0.05, 0.1) is 10.9 Å². The number of hydrogen-bond donors (Lipinski definition) is 1. The maximum Gasteiger partial charge on any atom is 0.274 e. The minimum atomic E-state index is -0.270. The van der Waals surface area contributed by atoms with Crippen molar-refractivity contribution in [2.45, 2.75) is 32.9 Å². The van der Waals surface area contributed by atoms with Crippen molar-refractivity contribution in [1.29, 1.82) is 0 Å². The number of nitrogens with zero attached hydrogens (tertiary/aromatic N) is 4. The Balaban J connectivity index is 1.58. The second-order valence-corrected chi connectivity index (χ2v) is 7.78. The summed E-state index contributed by atoms with van der Waals surface area (Å²) in [5.74, 6) is -0.0880. The van der Waals surface area contributed by atoms with Crippen molar-refractivity contribution in [3.8, 4) is 0 Å². The molecule has 1 amide bonds. The number of benzene rings is 1. The molecule has 3 heterocycles. The van der Waals surface area contributed by atoms with Crippen LogP contribution in [0.5, 0.6) is 0 Å². The largest absolute Gasteiger partial charge is 0.336 e. The molecule has 1 saturated heterocycles. The molecule has 7 nitrogen and oxygen atoms in total. The number of aromatic nitrogens is 3. The molecule has 29 heavy (non-hydrogen) atoms. The molecule has 0 radical (unpaired) electrons. The third-order valence-corrected chi connectivity index (χ3v) is 5.76. The Hall–Kier alpha value is -2.93. The summed E-state index contributed by atoms with van der Waals surface area (Å²) in [6, 6.07) is 12.5. The SMILES string of the molecule is CC[C@H]1CN(C(=O)c2cc(C)nc3c2c(=O)[nH]n3C)CCN1Cc1ccccc1. The molecule has 0 bridgehead atoms. The van der Waals surface area contributed by atoms with E-state index in [4.69, 9.17) is 0 Å². The van der Waals surface area contributed by atoms with E-state index in [1.165, 1.54) is 5.56 Å². The number of H-pyrrole nitrogens is 1. The van der Waals surface area contributed by atoms with E-state index in [0.717, 1.165) is 25.2 Å². The van der Waals surface area contributed by atoms with Gasteiger partial charge >= 0.3 is 0 Å². The molecular weight excluding hydrogens is 366 g/mol. The first-order chi connectivity index (χ1) is 14.0. The molecule has 0 saturated carbocycles. The van der Waals surface area contributed by atoms with Crippen molar-refractivity contribution in [3.63, 3.8) is 0 Å². The summed E-state index contributed by atoms with van der Waals surface area (Å²) in [5, 5.41) is 3.09. The number of hydrogen-bond acceptors (Lipinski definition) is 4. The van der Waals surface area contributed by atoms with Crippen LogP contribution in [0.25, 0.3) is 11.0 Å². The van der Waals surface area contributed by atoms with Gasteiger partial charge in [0, 0.05) is 45.0 Å². The molecule has 4 rings (SSSR count). The van der Waals surface area contributed by atoms with Crippen molar-refractivity contribution >= 4 is 16.9 Å². The summed E-state index contributed by atoms with van der Waals surface area (Å²) in [7, 11) is 1.74. The number of pyridine rings is 1. The minimum Gasteiger partial charge on any atom is -0.336 e. The number of aromatic amines is 1. The van der Waals surface area contributed by atoms with Gasteiger partial charge in [0.2, 0.25) is 0 Å². The Kier molecular flexibility index (Phi) is 5.24. The lowest BCUT2D eigenvalue weighted by Crippen LogP contribution is -2.54. The Morgan fingerprint density at radius 3 is 2.72 bits per heavy atom. The number of piperazine rings is 1. The highest BCUT2D eigenvalue weighted by Gasteiger charge is 2.30. The van der Waals surface area contributed by atoms with Crippen molar-refractivity contribution in [2.24, 2.45) is 7.05 Å². The minimum absolute atomic E-state index is 0.0880. The number of aryl methyl sites for hydroxylation is 2. The molecule has 0 unspecified atom stereocenters. The van der Waals surface area contributed by atoms with Crippen LogP contribution < -0.4 is 5.56 Å². The molecule has 1 aliphatic rings. The van der Waals surface area contributed by atoms with E-state index in [1.807, 2.05) is 17.9 Å². The monoisotopic (exact) mass is 393 g/mol. The maximum atomic E-state index is 13.4. The first-order valence-electron chi connectivity index (χ1n) is 10.1. The molecule has 1 atom stereocenters. The van der Waals surface area contributed by atoms with Gasteiger partial charge in [-0.3, -0.25) is 24.3 Å². The van der Waals surface area contributed by atoms with Gasteiger partial charge in [-0.25, -0.2) is 4.98 Å². The molecule has 1 aliphatic heterocycles. The van der Waals surface area contributed by atoms with E-state index in [2.05, 4.69) is 46.2 Å². The Bertz CT molecular complexity index is 1090. The summed E-state index contributed by atoms with van der Waals surface area (Å²) < 4.78 is 1.58. The van der Waals surface area contributed by atoms with Crippen LogP contribution in [0.4, 0.5) is 0 Å². The first kappa shape index (κ1) is 19.4. The third kappa shape index (κ3) is 3.70. The molecule has 3 aromatic rings. The van der Waals surface area contributed by atoms with Gasteiger partial charge in [0.1, 0.15) is 0 Å². The van der Waals surface area contributed by atoms with E-state index in [0.29, 0.717) is 35.7 Å². The summed E-state index contributed by atoms with van der Waals surface area (Å²) >= 11 is 0. The topological polar surface area (TPSA) is 74.2 Å². The van der Waals surface area contributed by atoms with Crippen LogP contribution in [0.3, 0.4) is 0 Å². The Morgan fingerprint density at radius 2 is 2.00 bits per heavy atom. The fraction of sp³-hybridized carbons (Fsp3) is 0.409. The van der Waals surface area contributed by atoms with E-state index in [1.54, 1.807) is 17.8 Å². The smallest absolute Gasteiger partial charge is 0.274 e. The number of amides is 1. The summed E-state index contributed by atoms with van der Waals surface area (Å²) in [6.45, 7) is 7.02. The highest BCUT2D eigenvalue weighted by molar-refractivity contribution is 6.05. The predicted molar refractivity (Wildman–Crippen MR) is 113 cm³/mol. The molecule has 0 spiro atoms. The average molecular weight is 393 g/mol. The van der Waals surface area contributed by atoms with Crippen LogP contribution in [0.15, 0.2) is 41.2 Å². The number of carbonyl (C=O) groups excluding carboxylic acids is 1. The molecule has 1 N–H and O–H groups in total. The van der Waals surface area contributed by atoms with Crippen LogP contribution >= 0.6 is 0 Å². The number of nitrogens with one attached hydrogen (secondary N) is 1. The zero-order valence-electron chi connectivity index (χ0n) is 17.2. The number of fused-ring (bicyclic) bond motifs is 1. The van der Waals surface area contributed by atoms with Crippen LogP contribution in [-0.4, -0.2) is 56.1 Å². The van der Waals surface area contributed by atoms with Gasteiger partial charge < -0.3 is 4.90 Å². The highest BCUT2D eigenvalue weighted by atomic mass is 16.2. The van der Waals surface area contributed by atoms with Gasteiger partial charge in [-0.2, -0.15) is 0 Å². The third-order valence-electron chi connectivity index (χ3n) is 5.76. The molecule has 152 valence electrons. The lowest BCUT2D eigenvalue weighted by Gasteiger charge is -2.41. The van der Waals surface area contributed by atoms with Crippen LogP contribution in [0.1, 0.15) is 35.0 Å². The average Bonchev–Trinajstić information content (AvgIpc) is 3.01. The van der Waals surface area contributed by atoms with Crippen LogP contribution in [0, 0.1) is 6.92 Å². The molecule has 1 fully saturated rings. The van der Waals surface area contributed by atoms with E-state index < -0.39 is 0 Å². The van der Waals surface area contributed by atoms with E-state index >= 15 is 0 Å². The quantitative estimate of drug-likeness (QED) is 0.738. The van der Waals surface area contributed by atoms with Gasteiger partial charge in [-0.05, 0) is 25.0 Å². The van der Waals surface area contributed by atoms with Gasteiger partial charge in [0.25, 0.3) is 11.5 Å². The molecular formula is C22H27N5O2. The summed E-state index contributed by atoms with van der Waals surface area (Å²) in [6.07, 6.45) is 0.966. The van der Waals surface area contributed by atoms with Crippen molar-refractivity contribution < 1.29 is 4.79 Å². The first-order valence-corrected chi connectivity index (χ1v) is 10.1. The van der Waals surface area contributed by atoms with Crippen molar-refractivity contribution in [1.82, 2.24) is 24.6 Å². The fourth-order valence-corrected chi connectivity index (χ4v) is 4.21. The normalized spacial score (nSPS) is 17.8. The van der Waals surface area contributed by atoms with Gasteiger partial charge in [-0.1, -0.05) is 37.3 Å². The number of rotatable bonds is 4. The predicted octanol–water partition coefficient (Wildman–Crippen LogP) is 2.31.